The van der Waals surface area contributed by atoms with E-state index in [4.69, 9.17) is 0 Å². The number of benzene rings is 2. The maximum atomic E-state index is 12.7. The predicted octanol–water partition coefficient (Wildman–Crippen LogP) is 1.77. The van der Waals surface area contributed by atoms with Gasteiger partial charge in [0.15, 0.2) is 0 Å². The van der Waals surface area contributed by atoms with Crippen molar-refractivity contribution in [3.8, 4) is 5.69 Å². The van der Waals surface area contributed by atoms with Crippen molar-refractivity contribution in [1.82, 2.24) is 9.13 Å². The van der Waals surface area contributed by atoms with Crippen molar-refractivity contribution in [2.45, 2.75) is 20.8 Å². The van der Waals surface area contributed by atoms with Gasteiger partial charge in [-0.2, -0.15) is 0 Å². The third-order valence-corrected chi connectivity index (χ3v) is 4.39. The van der Waals surface area contributed by atoms with Gasteiger partial charge in [-0.1, -0.05) is 31.5 Å². The van der Waals surface area contributed by atoms with Gasteiger partial charge in [0, 0.05) is 7.05 Å². The molecule has 0 spiro atoms. The molecule has 4 aromatic rings. The summed E-state index contributed by atoms with van der Waals surface area (Å²) in [6.45, 7) is 5.91. The molecule has 2 aromatic heterocycles. The molecule has 0 unspecified atom stereocenters. The van der Waals surface area contributed by atoms with E-state index in [9.17, 15) is 19.2 Å². The van der Waals surface area contributed by atoms with E-state index in [1.807, 2.05) is 20.8 Å². The van der Waals surface area contributed by atoms with Crippen LogP contribution in [0.1, 0.15) is 19.4 Å². The van der Waals surface area contributed by atoms with Crippen LogP contribution < -0.4 is 22.2 Å². The zero-order valence-corrected chi connectivity index (χ0v) is 15.0. The number of aromatic nitrogens is 2. The van der Waals surface area contributed by atoms with Gasteiger partial charge < -0.3 is 0 Å². The molecule has 6 heteroatoms. The quantitative estimate of drug-likeness (QED) is 0.524. The Kier molecular flexibility index (Phi) is 4.20. The Morgan fingerprint density at radius 3 is 1.46 bits per heavy atom. The summed E-state index contributed by atoms with van der Waals surface area (Å²) in [4.78, 5) is 49.5. The van der Waals surface area contributed by atoms with Gasteiger partial charge in [0.1, 0.15) is 0 Å². The summed E-state index contributed by atoms with van der Waals surface area (Å²) in [5.41, 5.74) is -0.443. The summed E-state index contributed by atoms with van der Waals surface area (Å²) in [6, 6.07) is 9.69. The van der Waals surface area contributed by atoms with Gasteiger partial charge in [0.25, 0.3) is 22.2 Å². The molecule has 6 nitrogen and oxygen atoms in total. The van der Waals surface area contributed by atoms with Crippen LogP contribution in [0.5, 0.6) is 0 Å². The molecule has 4 rings (SSSR count). The van der Waals surface area contributed by atoms with Crippen LogP contribution in [-0.4, -0.2) is 9.13 Å². The largest absolute Gasteiger partial charge is 0.277 e. The molecule has 0 bridgehead atoms. The molecule has 0 N–H and O–H groups in total. The highest BCUT2D eigenvalue weighted by molar-refractivity contribution is 5.98. The highest BCUT2D eigenvalue weighted by Gasteiger charge is 2.18. The summed E-state index contributed by atoms with van der Waals surface area (Å²) in [5, 5.41) is 0.618. The maximum Gasteiger partial charge on any atom is 0.266 e. The van der Waals surface area contributed by atoms with E-state index in [0.717, 1.165) is 14.7 Å². The summed E-state index contributed by atoms with van der Waals surface area (Å²) in [6.07, 6.45) is 0. The van der Waals surface area contributed by atoms with Gasteiger partial charge in [0.2, 0.25) is 0 Å². The number of nitrogens with zero attached hydrogens (tertiary/aromatic N) is 2. The standard InChI is InChI=1S/C18H12N2O4.C2H6/c1-9-3-5-10(6-4-9)20-17(23)13-7-11-12(8-14(13)18(20)24)16(22)19(2)15(11)21;1-2/h3-8H,1-2H3;1-2H3. The molecule has 0 aliphatic heterocycles. The SMILES string of the molecule is CC.Cc1ccc(-n2c(=O)c3cc4c(=O)n(C)c(=O)c4cc3c2=O)cc1. The predicted molar refractivity (Wildman–Crippen MR) is 103 cm³/mol. The molecular weight excluding hydrogens is 332 g/mol. The highest BCUT2D eigenvalue weighted by atomic mass is 16.2. The first kappa shape index (κ1) is 17.5. The Morgan fingerprint density at radius 1 is 0.654 bits per heavy atom. The van der Waals surface area contributed by atoms with Gasteiger partial charge >= 0.3 is 0 Å². The molecule has 0 aliphatic carbocycles. The highest BCUT2D eigenvalue weighted by Crippen LogP contribution is 2.16. The first-order valence-electron chi connectivity index (χ1n) is 8.36. The molecule has 2 heterocycles. The number of fused-ring (bicyclic) bond motifs is 2. The van der Waals surface area contributed by atoms with E-state index in [2.05, 4.69) is 0 Å². The van der Waals surface area contributed by atoms with Gasteiger partial charge in [-0.25, -0.2) is 4.57 Å². The van der Waals surface area contributed by atoms with E-state index >= 15 is 0 Å². The number of hydrogen-bond donors (Lipinski definition) is 0. The Bertz CT molecular complexity index is 1250. The van der Waals surface area contributed by atoms with Crippen molar-refractivity contribution in [1.29, 1.82) is 0 Å². The second-order valence-corrected chi connectivity index (χ2v) is 5.89. The van der Waals surface area contributed by atoms with E-state index in [1.165, 1.54) is 19.2 Å². The topological polar surface area (TPSA) is 78.1 Å². The Balaban J connectivity index is 0.000000948. The third kappa shape index (κ3) is 2.34. The average molecular weight is 350 g/mol. The van der Waals surface area contributed by atoms with Gasteiger partial charge in [0.05, 0.1) is 27.2 Å². The molecule has 0 saturated heterocycles. The Morgan fingerprint density at radius 2 is 1.04 bits per heavy atom. The molecule has 0 saturated carbocycles. The maximum absolute atomic E-state index is 12.7. The summed E-state index contributed by atoms with van der Waals surface area (Å²) < 4.78 is 2.05. The van der Waals surface area contributed by atoms with Crippen molar-refractivity contribution in [2.75, 3.05) is 0 Å². The van der Waals surface area contributed by atoms with Crippen LogP contribution in [0.15, 0.2) is 55.6 Å². The van der Waals surface area contributed by atoms with E-state index in [-0.39, 0.29) is 21.5 Å². The third-order valence-electron chi connectivity index (χ3n) is 4.39. The van der Waals surface area contributed by atoms with E-state index in [0.29, 0.717) is 5.69 Å². The zero-order valence-electron chi connectivity index (χ0n) is 15.0. The second-order valence-electron chi connectivity index (χ2n) is 5.89. The van der Waals surface area contributed by atoms with Crippen LogP contribution in [0, 0.1) is 6.92 Å². The average Bonchev–Trinajstić information content (AvgIpc) is 3.03. The molecule has 0 aliphatic rings. The van der Waals surface area contributed by atoms with Gasteiger partial charge in [-0.05, 0) is 31.2 Å². The van der Waals surface area contributed by atoms with Crippen LogP contribution in [0.25, 0.3) is 27.2 Å². The minimum atomic E-state index is -0.489. The van der Waals surface area contributed by atoms with Crippen molar-refractivity contribution >= 4 is 21.5 Å². The molecular formula is C20H18N2O4. The lowest BCUT2D eigenvalue weighted by Gasteiger charge is -2.00. The van der Waals surface area contributed by atoms with Crippen molar-refractivity contribution in [3.05, 3.63) is 83.4 Å². The van der Waals surface area contributed by atoms with Crippen LogP contribution in [-0.2, 0) is 7.05 Å². The normalized spacial score (nSPS) is 10.9. The van der Waals surface area contributed by atoms with Crippen molar-refractivity contribution in [2.24, 2.45) is 7.05 Å². The molecule has 0 radical (unpaired) electrons. The molecule has 2 aromatic carbocycles. The van der Waals surface area contributed by atoms with Crippen molar-refractivity contribution in [3.63, 3.8) is 0 Å². The molecule has 26 heavy (non-hydrogen) atoms. The number of aryl methyl sites for hydroxylation is 1. The molecule has 0 amide bonds. The molecule has 0 fully saturated rings. The van der Waals surface area contributed by atoms with Crippen LogP contribution in [0.3, 0.4) is 0 Å². The van der Waals surface area contributed by atoms with Gasteiger partial charge in [-0.3, -0.25) is 23.7 Å². The van der Waals surface area contributed by atoms with Crippen LogP contribution >= 0.6 is 0 Å². The lowest BCUT2D eigenvalue weighted by molar-refractivity contribution is 0.856. The van der Waals surface area contributed by atoms with E-state index < -0.39 is 22.2 Å². The van der Waals surface area contributed by atoms with Gasteiger partial charge in [-0.15, -0.1) is 0 Å². The molecule has 132 valence electrons. The summed E-state index contributed by atoms with van der Waals surface area (Å²) >= 11 is 0. The Hall–Kier alpha value is -3.28. The first-order chi connectivity index (χ1) is 12.4. The minimum Gasteiger partial charge on any atom is -0.277 e. The fourth-order valence-corrected chi connectivity index (χ4v) is 3.02. The smallest absolute Gasteiger partial charge is 0.266 e. The fourth-order valence-electron chi connectivity index (χ4n) is 3.02. The number of rotatable bonds is 1. The Labute approximate surface area is 148 Å². The van der Waals surface area contributed by atoms with E-state index in [1.54, 1.807) is 24.3 Å². The number of hydrogen-bond acceptors (Lipinski definition) is 4. The molecule has 0 atom stereocenters. The zero-order chi connectivity index (χ0) is 19.2. The van der Waals surface area contributed by atoms with Crippen LogP contribution in [0.4, 0.5) is 0 Å². The second kappa shape index (κ2) is 6.22. The van der Waals surface area contributed by atoms with Crippen molar-refractivity contribution < 1.29 is 0 Å². The lowest BCUT2D eigenvalue weighted by atomic mass is 10.1. The minimum absolute atomic E-state index is 0.149. The monoisotopic (exact) mass is 350 g/mol. The van der Waals surface area contributed by atoms with Crippen LogP contribution in [0.2, 0.25) is 0 Å². The fraction of sp³-hybridized carbons (Fsp3) is 0.200. The summed E-state index contributed by atoms with van der Waals surface area (Å²) in [5.74, 6) is 0. The summed E-state index contributed by atoms with van der Waals surface area (Å²) in [7, 11) is 1.37. The lowest BCUT2D eigenvalue weighted by Crippen LogP contribution is -2.23. The first-order valence-corrected chi connectivity index (χ1v) is 8.36.